The highest BCUT2D eigenvalue weighted by molar-refractivity contribution is 5.41. The van der Waals surface area contributed by atoms with Crippen molar-refractivity contribution >= 4 is 0 Å². The first kappa shape index (κ1) is 18.8. The van der Waals surface area contributed by atoms with Crippen LogP contribution in [0.3, 0.4) is 0 Å². The Labute approximate surface area is 138 Å². The molecule has 1 heterocycles. The molecule has 1 saturated heterocycles. The molecule has 2 aromatic carbocycles. The van der Waals surface area contributed by atoms with E-state index in [1.54, 1.807) is 24.3 Å². The fourth-order valence-corrected chi connectivity index (χ4v) is 2.02. The molecule has 1 fully saturated rings. The van der Waals surface area contributed by atoms with Crippen molar-refractivity contribution in [2.24, 2.45) is 0 Å². The highest BCUT2D eigenvalue weighted by atomic mass is 16.6. The number of hydrogen-bond acceptors (Lipinski definition) is 3. The summed E-state index contributed by atoms with van der Waals surface area (Å²) in [7, 11) is 0. The van der Waals surface area contributed by atoms with Gasteiger partial charge in [-0.25, -0.2) is 0 Å². The zero-order valence-corrected chi connectivity index (χ0v) is 14.1. The summed E-state index contributed by atoms with van der Waals surface area (Å²) in [5.41, 5.74) is 2.10. The van der Waals surface area contributed by atoms with E-state index in [4.69, 9.17) is 4.74 Å². The Balaban J connectivity index is 0.000000375. The number of hydrogen-bond donors (Lipinski definition) is 2. The number of benzene rings is 2. The number of epoxide rings is 1. The molecular formula is C20H26O3. The Hall–Kier alpha value is -2.26. The van der Waals surface area contributed by atoms with Crippen LogP contribution < -0.4 is 0 Å². The molecule has 0 saturated carbocycles. The molecule has 0 spiro atoms. The smallest absolute Gasteiger partial charge is 0.115 e. The maximum absolute atomic E-state index is 9.30. The predicted molar refractivity (Wildman–Crippen MR) is 95.0 cm³/mol. The summed E-state index contributed by atoms with van der Waals surface area (Å²) in [5, 5.41) is 18.6. The molecule has 0 amide bonds. The molecule has 1 aliphatic heterocycles. The molecule has 1 unspecified atom stereocenters. The first-order chi connectivity index (χ1) is 10.9. The van der Waals surface area contributed by atoms with Crippen LogP contribution in [0.4, 0.5) is 0 Å². The van der Waals surface area contributed by atoms with Gasteiger partial charge < -0.3 is 14.9 Å². The average Bonchev–Trinajstić information content (AvgIpc) is 3.33. The molecule has 0 aliphatic carbocycles. The van der Waals surface area contributed by atoms with Crippen LogP contribution in [0.1, 0.15) is 31.9 Å². The van der Waals surface area contributed by atoms with Crippen LogP contribution in [0, 0.1) is 0 Å². The van der Waals surface area contributed by atoms with Gasteiger partial charge >= 0.3 is 0 Å². The maximum Gasteiger partial charge on any atom is 0.115 e. The second kappa shape index (κ2) is 8.39. The van der Waals surface area contributed by atoms with E-state index >= 15 is 0 Å². The van der Waals surface area contributed by atoms with E-state index in [0.717, 1.165) is 17.7 Å². The summed E-state index contributed by atoms with van der Waals surface area (Å²) in [6, 6.07) is 14.4. The van der Waals surface area contributed by atoms with Crippen molar-refractivity contribution in [1.82, 2.24) is 0 Å². The van der Waals surface area contributed by atoms with E-state index in [1.807, 2.05) is 24.3 Å². The van der Waals surface area contributed by atoms with Crippen LogP contribution in [0.5, 0.6) is 11.5 Å². The van der Waals surface area contributed by atoms with Gasteiger partial charge in [-0.05, 0) is 42.3 Å². The van der Waals surface area contributed by atoms with E-state index in [0.29, 0.717) is 6.10 Å². The molecule has 0 bridgehead atoms. The first-order valence-electron chi connectivity index (χ1n) is 7.60. The monoisotopic (exact) mass is 314 g/mol. The van der Waals surface area contributed by atoms with Gasteiger partial charge in [-0.2, -0.15) is 0 Å². The Morgan fingerprint density at radius 2 is 1.13 bits per heavy atom. The minimum Gasteiger partial charge on any atom is -0.508 e. The lowest BCUT2D eigenvalue weighted by Gasteiger charge is -2.26. The third kappa shape index (κ3) is 5.80. The fourth-order valence-electron chi connectivity index (χ4n) is 2.02. The summed E-state index contributed by atoms with van der Waals surface area (Å²) in [6.07, 6.45) is 0.583. The largest absolute Gasteiger partial charge is 0.508 e. The minimum absolute atomic E-state index is 0.151. The molecule has 2 aromatic rings. The Bertz CT molecular complexity index is 534. The topological polar surface area (TPSA) is 53.0 Å². The molecule has 1 atom stereocenters. The van der Waals surface area contributed by atoms with Gasteiger partial charge in [-0.1, -0.05) is 38.1 Å². The van der Waals surface area contributed by atoms with Crippen molar-refractivity contribution in [2.75, 3.05) is 6.61 Å². The highest BCUT2D eigenvalue weighted by Gasteiger charge is 2.22. The summed E-state index contributed by atoms with van der Waals surface area (Å²) in [4.78, 5) is 0. The van der Waals surface area contributed by atoms with Crippen LogP contribution in [-0.2, 0) is 10.2 Å². The van der Waals surface area contributed by atoms with Gasteiger partial charge in [0.1, 0.15) is 11.5 Å². The van der Waals surface area contributed by atoms with E-state index in [-0.39, 0.29) is 16.9 Å². The quantitative estimate of drug-likeness (QED) is 0.627. The summed E-state index contributed by atoms with van der Waals surface area (Å²) in [6.45, 7) is 13.3. The summed E-state index contributed by atoms with van der Waals surface area (Å²) < 4.78 is 4.71. The average molecular weight is 314 g/mol. The lowest BCUT2D eigenvalue weighted by atomic mass is 9.78. The first-order valence-corrected chi connectivity index (χ1v) is 7.60. The molecule has 124 valence electrons. The Kier molecular flexibility index (Phi) is 6.86. The Morgan fingerprint density at radius 1 is 0.870 bits per heavy atom. The molecule has 3 heteroatoms. The molecule has 1 aliphatic rings. The number of aromatic hydroxyl groups is 2. The van der Waals surface area contributed by atoms with Gasteiger partial charge in [0, 0.05) is 5.41 Å². The second-order valence-electron chi connectivity index (χ2n) is 5.86. The molecule has 3 nitrogen and oxygen atoms in total. The zero-order valence-electron chi connectivity index (χ0n) is 14.1. The zero-order chi connectivity index (χ0) is 17.5. The van der Waals surface area contributed by atoms with Gasteiger partial charge in [0.2, 0.25) is 0 Å². The van der Waals surface area contributed by atoms with Crippen LogP contribution in [0.15, 0.2) is 61.7 Å². The SMILES string of the molecule is C=C.CC(C)(c1ccc(O)cc1)c1ccc(O)cc1.CC1CO1. The van der Waals surface area contributed by atoms with Crippen LogP contribution >= 0.6 is 0 Å². The normalized spacial score (nSPS) is 15.5. The highest BCUT2D eigenvalue weighted by Crippen LogP contribution is 2.32. The number of phenolic OH excluding ortho intramolecular Hbond substituents is 2. The molecule has 23 heavy (non-hydrogen) atoms. The van der Waals surface area contributed by atoms with Gasteiger partial charge in [0.05, 0.1) is 12.7 Å². The van der Waals surface area contributed by atoms with E-state index < -0.39 is 0 Å². The second-order valence-corrected chi connectivity index (χ2v) is 5.86. The van der Waals surface area contributed by atoms with Gasteiger partial charge in [-0.3, -0.25) is 0 Å². The van der Waals surface area contributed by atoms with Gasteiger partial charge in [0.25, 0.3) is 0 Å². The van der Waals surface area contributed by atoms with Crippen molar-refractivity contribution < 1.29 is 14.9 Å². The molecule has 0 radical (unpaired) electrons. The fraction of sp³-hybridized carbons (Fsp3) is 0.300. The van der Waals surface area contributed by atoms with Crippen molar-refractivity contribution in [3.05, 3.63) is 72.8 Å². The molecule has 2 N–H and O–H groups in total. The van der Waals surface area contributed by atoms with Crippen LogP contribution in [0.2, 0.25) is 0 Å². The molecular weight excluding hydrogens is 288 g/mol. The van der Waals surface area contributed by atoms with Crippen LogP contribution in [-0.4, -0.2) is 22.9 Å². The summed E-state index contributed by atoms with van der Waals surface area (Å²) >= 11 is 0. The molecule has 0 aromatic heterocycles. The molecule has 3 rings (SSSR count). The van der Waals surface area contributed by atoms with Crippen molar-refractivity contribution in [2.45, 2.75) is 32.3 Å². The number of ether oxygens (including phenoxy) is 1. The minimum atomic E-state index is -0.151. The lowest BCUT2D eigenvalue weighted by molar-refractivity contribution is 0.423. The third-order valence-electron chi connectivity index (χ3n) is 3.68. The van der Waals surface area contributed by atoms with E-state index in [9.17, 15) is 10.2 Å². The van der Waals surface area contributed by atoms with Gasteiger partial charge in [0.15, 0.2) is 0 Å². The van der Waals surface area contributed by atoms with Crippen LogP contribution in [0.25, 0.3) is 0 Å². The number of rotatable bonds is 2. The lowest BCUT2D eigenvalue weighted by Crippen LogP contribution is -2.18. The Morgan fingerprint density at radius 3 is 1.35 bits per heavy atom. The van der Waals surface area contributed by atoms with Crippen molar-refractivity contribution in [3.8, 4) is 11.5 Å². The number of phenols is 2. The van der Waals surface area contributed by atoms with Crippen molar-refractivity contribution in [3.63, 3.8) is 0 Å². The van der Waals surface area contributed by atoms with E-state index in [2.05, 4.69) is 33.9 Å². The van der Waals surface area contributed by atoms with Gasteiger partial charge in [-0.15, -0.1) is 13.2 Å². The van der Waals surface area contributed by atoms with Crippen molar-refractivity contribution in [1.29, 1.82) is 0 Å². The maximum atomic E-state index is 9.30. The predicted octanol–water partition coefficient (Wildman–Crippen LogP) is 4.63. The third-order valence-corrected chi connectivity index (χ3v) is 3.68. The summed E-state index contributed by atoms with van der Waals surface area (Å²) in [5.74, 6) is 0.547. The van der Waals surface area contributed by atoms with E-state index in [1.165, 1.54) is 0 Å². The standard InChI is InChI=1S/C15H16O2.C3H6O.C2H4/c1-15(2,11-3-7-13(16)8-4-11)12-5-9-14(17)10-6-12;1-3-2-4-3;1-2/h3-10,16-17H,1-2H3;3H,2H2,1H3;1-2H2.